The minimum atomic E-state index is -3.73. The van der Waals surface area contributed by atoms with Gasteiger partial charge in [0.1, 0.15) is 17.5 Å². The maximum Gasteiger partial charge on any atom is 0.257 e. The summed E-state index contributed by atoms with van der Waals surface area (Å²) < 4.78 is 55.3. The summed E-state index contributed by atoms with van der Waals surface area (Å²) in [5.74, 6) is -1.88. The Labute approximate surface area is 162 Å². The largest absolute Gasteiger partial charge is 0.313 e. The summed E-state index contributed by atoms with van der Waals surface area (Å²) in [6, 6.07) is 10.2. The van der Waals surface area contributed by atoms with Crippen molar-refractivity contribution in [3.8, 4) is 11.1 Å². The van der Waals surface area contributed by atoms with Gasteiger partial charge in [0.05, 0.1) is 5.25 Å². The number of carbonyl (C=O) groups is 1. The molecule has 0 spiro atoms. The summed E-state index contributed by atoms with van der Waals surface area (Å²) in [6.45, 7) is 3.04. The predicted octanol–water partition coefficient (Wildman–Crippen LogP) is 3.76. The van der Waals surface area contributed by atoms with Crippen LogP contribution in [0.1, 0.15) is 38.2 Å². The van der Waals surface area contributed by atoms with E-state index in [9.17, 15) is 22.0 Å². The van der Waals surface area contributed by atoms with E-state index < -0.39 is 32.8 Å². The van der Waals surface area contributed by atoms with E-state index in [4.69, 9.17) is 0 Å². The minimum absolute atomic E-state index is 0.102. The lowest BCUT2D eigenvalue weighted by atomic mass is 9.89. The number of halogens is 2. The van der Waals surface area contributed by atoms with Crippen molar-refractivity contribution in [2.45, 2.75) is 37.9 Å². The molecular formula is C20H20F2N2O3S. The quantitative estimate of drug-likeness (QED) is 0.840. The van der Waals surface area contributed by atoms with E-state index in [-0.39, 0.29) is 23.7 Å². The lowest BCUT2D eigenvalue weighted by Gasteiger charge is -2.25. The fraction of sp³-hybridized carbons (Fsp3) is 0.300. The van der Waals surface area contributed by atoms with E-state index in [1.54, 1.807) is 24.3 Å². The molecule has 0 aliphatic carbocycles. The van der Waals surface area contributed by atoms with Gasteiger partial charge in [-0.3, -0.25) is 4.79 Å². The summed E-state index contributed by atoms with van der Waals surface area (Å²) >= 11 is 0. The molecule has 3 rings (SSSR count). The summed E-state index contributed by atoms with van der Waals surface area (Å²) in [4.78, 5) is 11.8. The molecule has 2 aromatic carbocycles. The smallest absolute Gasteiger partial charge is 0.257 e. The molecule has 28 heavy (non-hydrogen) atoms. The topological polar surface area (TPSA) is 75.6 Å². The fourth-order valence-corrected chi connectivity index (χ4v) is 3.63. The number of hydrogen-bond donors (Lipinski definition) is 1. The van der Waals surface area contributed by atoms with Crippen molar-refractivity contribution in [1.29, 1.82) is 0 Å². The second kappa shape index (κ2) is 7.79. The van der Waals surface area contributed by atoms with E-state index >= 15 is 0 Å². The monoisotopic (exact) mass is 406 g/mol. The molecule has 1 heterocycles. The molecule has 8 heteroatoms. The van der Waals surface area contributed by atoms with Gasteiger partial charge in [0, 0.05) is 24.0 Å². The lowest BCUT2D eigenvalue weighted by molar-refractivity contribution is -0.120. The number of amides is 1. The van der Waals surface area contributed by atoms with E-state index in [0.717, 1.165) is 11.6 Å². The summed E-state index contributed by atoms with van der Waals surface area (Å²) in [5.41, 5.74) is 1.58. The third-order valence-electron chi connectivity index (χ3n) is 4.63. The van der Waals surface area contributed by atoms with Crippen LogP contribution in [0.15, 0.2) is 46.9 Å². The second-order valence-corrected chi connectivity index (χ2v) is 9.08. The number of carbonyl (C=O) groups excluding carboxylic acids is 1. The van der Waals surface area contributed by atoms with Crippen molar-refractivity contribution in [2.24, 2.45) is 4.40 Å². The number of nitrogens with zero attached hydrogens (tertiary/aromatic N) is 1. The van der Waals surface area contributed by atoms with E-state index in [1.807, 2.05) is 0 Å². The second-order valence-electron chi connectivity index (χ2n) is 6.93. The third-order valence-corrected chi connectivity index (χ3v) is 6.28. The Kier molecular flexibility index (Phi) is 5.60. The van der Waals surface area contributed by atoms with Gasteiger partial charge in [0.15, 0.2) is 0 Å². The highest BCUT2D eigenvalue weighted by Gasteiger charge is 2.29. The van der Waals surface area contributed by atoms with Crippen LogP contribution in [0, 0.1) is 11.6 Å². The third kappa shape index (κ3) is 4.27. The van der Waals surface area contributed by atoms with Crippen molar-refractivity contribution in [3.63, 3.8) is 0 Å². The van der Waals surface area contributed by atoms with Gasteiger partial charge in [-0.25, -0.2) is 17.2 Å². The SMILES string of the molecule is CC(C)S(=O)(=O)N=C1NC(=O)CCC1c1ccc(-c2ccc(F)cc2F)cc1. The number of amidine groups is 1. The van der Waals surface area contributed by atoms with Gasteiger partial charge >= 0.3 is 0 Å². The zero-order valence-electron chi connectivity index (χ0n) is 15.4. The van der Waals surface area contributed by atoms with Crippen LogP contribution in [-0.2, 0) is 14.8 Å². The highest BCUT2D eigenvalue weighted by atomic mass is 32.2. The molecule has 1 atom stereocenters. The normalized spacial score (nSPS) is 19.1. The number of sulfonamides is 1. The molecule has 0 bridgehead atoms. The first-order valence-corrected chi connectivity index (χ1v) is 10.4. The highest BCUT2D eigenvalue weighted by molar-refractivity contribution is 7.90. The molecule has 2 aromatic rings. The average molecular weight is 406 g/mol. The molecule has 1 fully saturated rings. The fourth-order valence-electron chi connectivity index (χ4n) is 2.98. The van der Waals surface area contributed by atoms with Crippen LogP contribution in [-0.4, -0.2) is 25.4 Å². The van der Waals surface area contributed by atoms with Crippen LogP contribution in [0.2, 0.25) is 0 Å². The Morgan fingerprint density at radius 2 is 1.79 bits per heavy atom. The highest BCUT2D eigenvalue weighted by Crippen LogP contribution is 2.30. The van der Waals surface area contributed by atoms with Crippen molar-refractivity contribution in [2.75, 3.05) is 0 Å². The molecule has 0 saturated carbocycles. The first-order chi connectivity index (χ1) is 13.2. The van der Waals surface area contributed by atoms with Crippen molar-refractivity contribution in [3.05, 3.63) is 59.7 Å². The predicted molar refractivity (Wildman–Crippen MR) is 103 cm³/mol. The van der Waals surface area contributed by atoms with Crippen LogP contribution in [0.4, 0.5) is 8.78 Å². The maximum atomic E-state index is 14.0. The van der Waals surface area contributed by atoms with E-state index in [1.165, 1.54) is 26.0 Å². The minimum Gasteiger partial charge on any atom is -0.313 e. The molecule has 0 radical (unpaired) electrons. The van der Waals surface area contributed by atoms with Crippen molar-refractivity contribution < 1.29 is 22.0 Å². The van der Waals surface area contributed by atoms with Gasteiger partial charge in [-0.1, -0.05) is 24.3 Å². The van der Waals surface area contributed by atoms with E-state index in [0.29, 0.717) is 12.0 Å². The Bertz CT molecular complexity index is 1030. The molecule has 5 nitrogen and oxygen atoms in total. The molecule has 1 amide bonds. The first kappa shape index (κ1) is 20.1. The van der Waals surface area contributed by atoms with Crippen LogP contribution in [0.25, 0.3) is 11.1 Å². The lowest BCUT2D eigenvalue weighted by Crippen LogP contribution is -2.40. The van der Waals surface area contributed by atoms with Gasteiger partial charge < -0.3 is 5.32 Å². The van der Waals surface area contributed by atoms with E-state index in [2.05, 4.69) is 9.71 Å². The summed E-state index contributed by atoms with van der Waals surface area (Å²) in [7, 11) is -3.73. The van der Waals surface area contributed by atoms with Crippen molar-refractivity contribution >= 4 is 21.8 Å². The molecule has 1 unspecified atom stereocenters. The van der Waals surface area contributed by atoms with Crippen LogP contribution < -0.4 is 5.32 Å². The molecule has 1 aliphatic heterocycles. The van der Waals surface area contributed by atoms with Gasteiger partial charge in [-0.15, -0.1) is 4.40 Å². The Hall–Kier alpha value is -2.61. The first-order valence-electron chi connectivity index (χ1n) is 8.86. The Morgan fingerprint density at radius 1 is 1.11 bits per heavy atom. The standard InChI is InChI=1S/C20H20F2N2O3S/c1-12(2)28(26,27)24-20-17(9-10-19(25)23-20)14-5-3-13(4-6-14)16-8-7-15(21)11-18(16)22/h3-8,11-12,17H,9-10H2,1-2H3,(H,23,24,25). The van der Waals surface area contributed by atoms with Crippen LogP contribution in [0.3, 0.4) is 0 Å². The molecule has 1 aliphatic rings. The van der Waals surface area contributed by atoms with Gasteiger partial charge in [-0.2, -0.15) is 0 Å². The molecule has 1 saturated heterocycles. The summed E-state index contributed by atoms with van der Waals surface area (Å²) in [5, 5.41) is 1.86. The number of piperidine rings is 1. The number of nitrogens with one attached hydrogen (secondary N) is 1. The zero-order valence-corrected chi connectivity index (χ0v) is 16.3. The Morgan fingerprint density at radius 3 is 2.39 bits per heavy atom. The van der Waals surface area contributed by atoms with Gasteiger partial charge in [-0.05, 0) is 43.5 Å². The number of rotatable bonds is 4. The maximum absolute atomic E-state index is 14.0. The summed E-state index contributed by atoms with van der Waals surface area (Å²) in [6.07, 6.45) is 0.669. The van der Waals surface area contributed by atoms with Gasteiger partial charge in [0.2, 0.25) is 5.91 Å². The zero-order chi connectivity index (χ0) is 20.5. The van der Waals surface area contributed by atoms with Crippen LogP contribution in [0.5, 0.6) is 0 Å². The average Bonchev–Trinajstić information content (AvgIpc) is 2.62. The Balaban J connectivity index is 1.94. The number of hydrogen-bond acceptors (Lipinski definition) is 3. The number of benzene rings is 2. The molecule has 1 N–H and O–H groups in total. The van der Waals surface area contributed by atoms with Crippen LogP contribution >= 0.6 is 0 Å². The van der Waals surface area contributed by atoms with Crippen molar-refractivity contribution in [1.82, 2.24) is 5.32 Å². The molecular weight excluding hydrogens is 386 g/mol. The molecule has 0 aromatic heterocycles. The molecule has 148 valence electrons. The van der Waals surface area contributed by atoms with Gasteiger partial charge in [0.25, 0.3) is 10.0 Å².